The average Bonchev–Trinajstić information content (AvgIpc) is 3.39. The fraction of sp³-hybridized carbons (Fsp3) is 0.222. The van der Waals surface area contributed by atoms with Crippen molar-refractivity contribution in [3.63, 3.8) is 0 Å². The number of nitro benzene ring substituents is 1. The molecule has 4 rings (SSSR count). The number of amides is 2. The lowest BCUT2D eigenvalue weighted by molar-refractivity contribution is -0.384. The van der Waals surface area contributed by atoms with Crippen molar-refractivity contribution < 1.29 is 23.6 Å². The molecule has 2 aromatic rings. The number of nitrogens with zero attached hydrogens (tertiary/aromatic N) is 2. The second-order valence-corrected chi connectivity index (χ2v) is 6.16. The van der Waals surface area contributed by atoms with E-state index in [1.807, 2.05) is 0 Å². The second-order valence-electron chi connectivity index (χ2n) is 6.16. The van der Waals surface area contributed by atoms with E-state index in [1.54, 1.807) is 24.3 Å². The highest BCUT2D eigenvalue weighted by atomic mass is 19.1. The Kier molecular flexibility index (Phi) is 3.77. The zero-order valence-corrected chi connectivity index (χ0v) is 13.4. The summed E-state index contributed by atoms with van der Waals surface area (Å²) in [5.41, 5.74) is 0.800. The van der Waals surface area contributed by atoms with Gasteiger partial charge in [0.2, 0.25) is 0 Å². The van der Waals surface area contributed by atoms with E-state index in [4.69, 9.17) is 4.74 Å². The number of benzene rings is 2. The maximum absolute atomic E-state index is 14.6. The third-order valence-corrected chi connectivity index (χ3v) is 4.57. The Morgan fingerprint density at radius 2 is 1.65 bits per heavy atom. The highest BCUT2D eigenvalue weighted by Crippen LogP contribution is 2.39. The van der Waals surface area contributed by atoms with Crippen molar-refractivity contribution in [2.24, 2.45) is 0 Å². The summed E-state index contributed by atoms with van der Waals surface area (Å²) >= 11 is 0. The number of imide groups is 1. The Bertz CT molecular complexity index is 879. The molecule has 2 aliphatic heterocycles. The van der Waals surface area contributed by atoms with Crippen LogP contribution >= 0.6 is 0 Å². The van der Waals surface area contributed by atoms with Crippen molar-refractivity contribution in [2.75, 3.05) is 6.54 Å². The van der Waals surface area contributed by atoms with Gasteiger partial charge >= 0.3 is 0 Å². The maximum Gasteiger partial charge on any atom is 0.269 e. The number of carbonyl (C=O) groups excluding carboxylic acids is 2. The molecular formula is C18H13FN2O5. The van der Waals surface area contributed by atoms with Crippen LogP contribution in [0.2, 0.25) is 0 Å². The van der Waals surface area contributed by atoms with Gasteiger partial charge in [0.25, 0.3) is 17.5 Å². The number of alkyl halides is 1. The zero-order chi connectivity index (χ0) is 18.4. The Morgan fingerprint density at radius 3 is 2.19 bits per heavy atom. The molecule has 2 aromatic carbocycles. The van der Waals surface area contributed by atoms with E-state index in [0.29, 0.717) is 11.1 Å². The van der Waals surface area contributed by atoms with Crippen LogP contribution in [0.4, 0.5) is 10.1 Å². The van der Waals surface area contributed by atoms with Crippen LogP contribution in [0.1, 0.15) is 32.5 Å². The number of nitro groups is 1. The van der Waals surface area contributed by atoms with Crippen LogP contribution < -0.4 is 0 Å². The van der Waals surface area contributed by atoms with E-state index >= 15 is 0 Å². The summed E-state index contributed by atoms with van der Waals surface area (Å²) < 4.78 is 19.9. The molecular weight excluding hydrogens is 343 g/mol. The number of halogens is 1. The van der Waals surface area contributed by atoms with Crippen molar-refractivity contribution >= 4 is 17.5 Å². The number of rotatable bonds is 5. The lowest BCUT2D eigenvalue weighted by Crippen LogP contribution is -2.34. The molecule has 1 fully saturated rings. The van der Waals surface area contributed by atoms with E-state index in [9.17, 15) is 24.1 Å². The highest BCUT2D eigenvalue weighted by molar-refractivity contribution is 6.21. The van der Waals surface area contributed by atoms with Crippen molar-refractivity contribution in [2.45, 2.75) is 18.4 Å². The van der Waals surface area contributed by atoms with Gasteiger partial charge in [0.1, 0.15) is 12.2 Å². The van der Waals surface area contributed by atoms with Gasteiger partial charge in [0, 0.05) is 12.1 Å². The van der Waals surface area contributed by atoms with Crippen LogP contribution in [0, 0.1) is 10.1 Å². The summed E-state index contributed by atoms with van der Waals surface area (Å²) in [4.78, 5) is 35.8. The van der Waals surface area contributed by atoms with Crippen molar-refractivity contribution in [1.29, 1.82) is 0 Å². The third kappa shape index (κ3) is 2.64. The fourth-order valence-corrected chi connectivity index (χ4v) is 3.12. The molecule has 3 atom stereocenters. The zero-order valence-electron chi connectivity index (χ0n) is 13.4. The molecule has 0 spiro atoms. The summed E-state index contributed by atoms with van der Waals surface area (Å²) in [6.07, 6.45) is -2.88. The molecule has 132 valence electrons. The number of hydrogen-bond acceptors (Lipinski definition) is 5. The molecule has 8 heteroatoms. The molecule has 1 saturated heterocycles. The molecule has 7 nitrogen and oxygen atoms in total. The summed E-state index contributed by atoms with van der Waals surface area (Å²) in [5, 5.41) is 10.6. The van der Waals surface area contributed by atoms with Crippen LogP contribution in [-0.2, 0) is 4.74 Å². The summed E-state index contributed by atoms with van der Waals surface area (Å²) in [5.74, 6) is -0.823. The topological polar surface area (TPSA) is 93.1 Å². The van der Waals surface area contributed by atoms with Crippen LogP contribution in [0.15, 0.2) is 48.5 Å². The minimum atomic E-state index is -1.49. The van der Waals surface area contributed by atoms with E-state index in [2.05, 4.69) is 0 Å². The Hall–Kier alpha value is -3.13. The molecule has 0 aliphatic carbocycles. The quantitative estimate of drug-likeness (QED) is 0.355. The van der Waals surface area contributed by atoms with Gasteiger partial charge in [-0.3, -0.25) is 24.6 Å². The predicted octanol–water partition coefficient (Wildman–Crippen LogP) is 2.67. The van der Waals surface area contributed by atoms with Crippen LogP contribution in [0.25, 0.3) is 0 Å². The van der Waals surface area contributed by atoms with Gasteiger partial charge in [0.15, 0.2) is 6.17 Å². The summed E-state index contributed by atoms with van der Waals surface area (Å²) in [6.45, 7) is -0.0234. The van der Waals surface area contributed by atoms with Crippen LogP contribution in [0.5, 0.6) is 0 Å². The molecule has 26 heavy (non-hydrogen) atoms. The minimum absolute atomic E-state index is 0.0234. The molecule has 0 bridgehead atoms. The standard InChI is InChI=1S/C18H13FN2O5/c19-15(10-5-7-11(8-6-10)21(24)25)16-14(26-16)9-20-17(22)12-3-1-2-4-13(12)18(20)23/h1-8,14-16H,9H2/t14-,15+,16+/m1/s1. The van der Waals surface area contributed by atoms with E-state index in [1.165, 1.54) is 24.3 Å². The molecule has 2 aliphatic rings. The number of hydrogen-bond donors (Lipinski definition) is 0. The average molecular weight is 356 g/mol. The number of non-ortho nitro benzene ring substituents is 1. The van der Waals surface area contributed by atoms with Gasteiger partial charge in [-0.15, -0.1) is 0 Å². The van der Waals surface area contributed by atoms with E-state index < -0.39 is 35.1 Å². The predicted molar refractivity (Wildman–Crippen MR) is 87.4 cm³/mol. The molecule has 0 unspecified atom stereocenters. The second kappa shape index (κ2) is 5.99. The lowest BCUT2D eigenvalue weighted by Gasteiger charge is -2.12. The number of carbonyl (C=O) groups is 2. The molecule has 2 heterocycles. The van der Waals surface area contributed by atoms with Crippen molar-refractivity contribution in [3.05, 3.63) is 75.3 Å². The highest BCUT2D eigenvalue weighted by Gasteiger charge is 2.49. The third-order valence-electron chi connectivity index (χ3n) is 4.57. The first-order chi connectivity index (χ1) is 12.5. The molecule has 2 amide bonds. The Balaban J connectivity index is 1.42. The van der Waals surface area contributed by atoms with Gasteiger partial charge in [-0.2, -0.15) is 0 Å². The molecule has 0 aromatic heterocycles. The molecule has 0 N–H and O–H groups in total. The van der Waals surface area contributed by atoms with Gasteiger partial charge in [-0.1, -0.05) is 12.1 Å². The first-order valence-electron chi connectivity index (χ1n) is 7.96. The Morgan fingerprint density at radius 1 is 1.08 bits per heavy atom. The smallest absolute Gasteiger partial charge is 0.269 e. The first-order valence-corrected chi connectivity index (χ1v) is 7.96. The van der Waals surface area contributed by atoms with Crippen molar-refractivity contribution in [3.8, 4) is 0 Å². The van der Waals surface area contributed by atoms with E-state index in [0.717, 1.165) is 4.90 Å². The largest absolute Gasteiger partial charge is 0.364 e. The van der Waals surface area contributed by atoms with Crippen LogP contribution in [0.3, 0.4) is 0 Å². The van der Waals surface area contributed by atoms with Gasteiger partial charge < -0.3 is 4.74 Å². The Labute approximate surface area is 147 Å². The fourth-order valence-electron chi connectivity index (χ4n) is 3.12. The summed E-state index contributed by atoms with van der Waals surface area (Å²) in [6, 6.07) is 11.6. The molecule has 0 saturated carbocycles. The normalized spacial score (nSPS) is 22.3. The first kappa shape index (κ1) is 16.3. The number of ether oxygens (including phenoxy) is 1. The van der Waals surface area contributed by atoms with Crippen molar-refractivity contribution in [1.82, 2.24) is 4.90 Å². The van der Waals surface area contributed by atoms with Crippen LogP contribution in [-0.4, -0.2) is 40.4 Å². The van der Waals surface area contributed by atoms with E-state index in [-0.39, 0.29) is 17.8 Å². The molecule has 0 radical (unpaired) electrons. The monoisotopic (exact) mass is 356 g/mol. The van der Waals surface area contributed by atoms with Gasteiger partial charge in [0.05, 0.1) is 22.6 Å². The lowest BCUT2D eigenvalue weighted by atomic mass is 10.1. The summed E-state index contributed by atoms with van der Waals surface area (Å²) in [7, 11) is 0. The number of epoxide rings is 1. The maximum atomic E-state index is 14.6. The SMILES string of the molecule is O=C1c2ccccc2C(=O)N1C[C@H]1O[C@@H]1[C@@H](F)c1ccc([N+](=O)[O-])cc1. The minimum Gasteiger partial charge on any atom is -0.364 e. The van der Waals surface area contributed by atoms with Gasteiger partial charge in [-0.25, -0.2) is 4.39 Å². The van der Waals surface area contributed by atoms with Gasteiger partial charge in [-0.05, 0) is 29.8 Å². The number of fused-ring (bicyclic) bond motifs is 1.